The van der Waals surface area contributed by atoms with Crippen LogP contribution in [-0.4, -0.2) is 69.8 Å². The second-order valence-corrected chi connectivity index (χ2v) is 10.7. The number of likely N-dealkylation sites (tertiary alicyclic amines) is 2. The van der Waals surface area contributed by atoms with Crippen LogP contribution >= 0.6 is 0 Å². The molecule has 4 atom stereocenters. The van der Waals surface area contributed by atoms with Crippen molar-refractivity contribution >= 4 is 5.91 Å². The molecule has 3 fully saturated rings. The van der Waals surface area contributed by atoms with Crippen LogP contribution in [0, 0.1) is 5.92 Å². The van der Waals surface area contributed by atoms with Gasteiger partial charge in [0.25, 0.3) is 0 Å². The monoisotopic (exact) mass is 450 g/mol. The van der Waals surface area contributed by atoms with Crippen LogP contribution in [0.3, 0.4) is 0 Å². The fourth-order valence-corrected chi connectivity index (χ4v) is 7.30. The molecule has 1 aromatic carbocycles. The molecular weight excluding hydrogens is 420 g/mol. The Morgan fingerprint density at radius 1 is 1.18 bits per heavy atom. The van der Waals surface area contributed by atoms with Gasteiger partial charge in [0.15, 0.2) is 11.5 Å². The highest BCUT2D eigenvalue weighted by Crippen LogP contribution is 2.63. The number of benzene rings is 1. The minimum absolute atomic E-state index is 0.000989. The maximum absolute atomic E-state index is 13.2. The van der Waals surface area contributed by atoms with E-state index in [4.69, 9.17) is 9.15 Å². The first-order valence-electron chi connectivity index (χ1n) is 12.3. The first kappa shape index (κ1) is 19.9. The van der Waals surface area contributed by atoms with Crippen molar-refractivity contribution in [2.24, 2.45) is 5.92 Å². The average Bonchev–Trinajstić information content (AvgIpc) is 3.38. The van der Waals surface area contributed by atoms with Crippen LogP contribution in [0.25, 0.3) is 0 Å². The molecule has 2 aromatic rings. The first-order chi connectivity index (χ1) is 16.0. The van der Waals surface area contributed by atoms with Crippen molar-refractivity contribution in [3.63, 3.8) is 0 Å². The van der Waals surface area contributed by atoms with Crippen LogP contribution in [0.1, 0.15) is 42.6 Å². The summed E-state index contributed by atoms with van der Waals surface area (Å²) in [5.74, 6) is 2.02. The molecular formula is C26H30N2O5. The van der Waals surface area contributed by atoms with Gasteiger partial charge in [-0.15, -0.1) is 0 Å². The third-order valence-corrected chi connectivity index (χ3v) is 9.05. The van der Waals surface area contributed by atoms with Crippen molar-refractivity contribution in [2.75, 3.05) is 26.2 Å². The molecule has 2 N–H and O–H groups in total. The predicted molar refractivity (Wildman–Crippen MR) is 119 cm³/mol. The van der Waals surface area contributed by atoms with Gasteiger partial charge < -0.3 is 24.3 Å². The minimum Gasteiger partial charge on any atom is -0.504 e. The van der Waals surface area contributed by atoms with Crippen LogP contribution in [0.2, 0.25) is 0 Å². The van der Waals surface area contributed by atoms with Crippen molar-refractivity contribution in [1.29, 1.82) is 0 Å². The summed E-state index contributed by atoms with van der Waals surface area (Å²) in [6.45, 7) is 2.86. The molecule has 5 aliphatic rings. The van der Waals surface area contributed by atoms with Crippen molar-refractivity contribution in [2.45, 2.75) is 61.7 Å². The third-order valence-electron chi connectivity index (χ3n) is 9.05. The number of rotatable bonds is 4. The fraction of sp³-hybridized carbons (Fsp3) is 0.577. The summed E-state index contributed by atoms with van der Waals surface area (Å²) in [4.78, 5) is 17.6. The van der Waals surface area contributed by atoms with E-state index in [0.29, 0.717) is 31.0 Å². The molecule has 0 unspecified atom stereocenters. The lowest BCUT2D eigenvalue weighted by atomic mass is 9.52. The van der Waals surface area contributed by atoms with Crippen LogP contribution in [0.4, 0.5) is 0 Å². The number of ether oxygens (including phenoxy) is 1. The number of aliphatic hydroxyl groups is 1. The summed E-state index contributed by atoms with van der Waals surface area (Å²) < 4.78 is 11.9. The number of hydrogen-bond acceptors (Lipinski definition) is 6. The molecule has 3 aliphatic heterocycles. The lowest BCUT2D eigenvalue weighted by Crippen LogP contribution is -2.74. The number of furan rings is 1. The largest absolute Gasteiger partial charge is 0.504 e. The van der Waals surface area contributed by atoms with Crippen LogP contribution in [0.5, 0.6) is 11.5 Å². The van der Waals surface area contributed by atoms with E-state index in [2.05, 4.69) is 4.90 Å². The van der Waals surface area contributed by atoms with Gasteiger partial charge >= 0.3 is 0 Å². The zero-order valence-corrected chi connectivity index (χ0v) is 18.7. The van der Waals surface area contributed by atoms with Gasteiger partial charge in [-0.05, 0) is 68.3 Å². The first-order valence-corrected chi connectivity index (χ1v) is 12.3. The minimum atomic E-state index is -1.00. The van der Waals surface area contributed by atoms with Crippen molar-refractivity contribution in [3.8, 4) is 11.5 Å². The molecule has 2 saturated heterocycles. The van der Waals surface area contributed by atoms with Crippen molar-refractivity contribution in [3.05, 3.63) is 47.4 Å². The zero-order chi connectivity index (χ0) is 22.4. The molecule has 1 saturated carbocycles. The molecule has 1 amide bonds. The molecule has 2 aliphatic carbocycles. The van der Waals surface area contributed by atoms with E-state index >= 15 is 0 Å². The van der Waals surface area contributed by atoms with E-state index in [9.17, 15) is 15.0 Å². The van der Waals surface area contributed by atoms with Crippen LogP contribution < -0.4 is 4.74 Å². The molecule has 1 spiro atoms. The number of hydrogen-bond donors (Lipinski definition) is 2. The molecule has 7 rings (SSSR count). The van der Waals surface area contributed by atoms with Gasteiger partial charge in [-0.25, -0.2) is 0 Å². The summed E-state index contributed by atoms with van der Waals surface area (Å²) >= 11 is 0. The van der Waals surface area contributed by atoms with E-state index in [1.54, 1.807) is 18.4 Å². The normalized spacial score (nSPS) is 34.5. The van der Waals surface area contributed by atoms with Crippen molar-refractivity contribution in [1.82, 2.24) is 9.80 Å². The Hall–Kier alpha value is -2.51. The molecule has 7 nitrogen and oxygen atoms in total. The summed E-state index contributed by atoms with van der Waals surface area (Å²) in [5.41, 5.74) is 0.573. The number of carbonyl (C=O) groups excluding carboxylic acids is 1. The number of phenols is 1. The van der Waals surface area contributed by atoms with Gasteiger partial charge in [-0.3, -0.25) is 9.69 Å². The Balaban J connectivity index is 1.31. The highest BCUT2D eigenvalue weighted by Gasteiger charge is 2.71. The van der Waals surface area contributed by atoms with Gasteiger partial charge in [0.2, 0.25) is 5.91 Å². The van der Waals surface area contributed by atoms with Gasteiger partial charge in [0, 0.05) is 24.7 Å². The fourth-order valence-electron chi connectivity index (χ4n) is 7.30. The van der Waals surface area contributed by atoms with E-state index in [0.717, 1.165) is 37.4 Å². The maximum Gasteiger partial charge on any atom is 0.230 e. The van der Waals surface area contributed by atoms with E-state index in [1.165, 1.54) is 18.4 Å². The van der Waals surface area contributed by atoms with E-state index in [-0.39, 0.29) is 30.2 Å². The number of nitrogens with zero attached hydrogens (tertiary/aromatic N) is 2. The van der Waals surface area contributed by atoms with Crippen LogP contribution in [0.15, 0.2) is 34.9 Å². The van der Waals surface area contributed by atoms with Gasteiger partial charge in [-0.2, -0.15) is 0 Å². The number of phenolic OH excluding ortho intramolecular Hbond substituents is 1. The summed E-state index contributed by atoms with van der Waals surface area (Å²) in [5, 5.41) is 23.3. The summed E-state index contributed by atoms with van der Waals surface area (Å²) in [6.07, 6.45) is 6.01. The SMILES string of the molecule is O=C(Cc1ccco1)N1CC[C@@]2(O)[C@H]3Cc4ccc(O)c5c4[C@@]2(CCN3CC2CC2)[C@H](C1)O5. The molecule has 0 radical (unpaired) electrons. The molecule has 7 heteroatoms. The molecule has 2 bridgehead atoms. The van der Waals surface area contributed by atoms with Crippen molar-refractivity contribution < 1.29 is 24.2 Å². The molecule has 33 heavy (non-hydrogen) atoms. The maximum atomic E-state index is 13.2. The second-order valence-electron chi connectivity index (χ2n) is 10.7. The van der Waals surface area contributed by atoms with Gasteiger partial charge in [0.05, 0.1) is 30.2 Å². The predicted octanol–water partition coefficient (Wildman–Crippen LogP) is 2.23. The Morgan fingerprint density at radius 2 is 2.06 bits per heavy atom. The zero-order valence-electron chi connectivity index (χ0n) is 18.7. The van der Waals surface area contributed by atoms with Crippen LogP contribution in [-0.2, 0) is 23.1 Å². The molecule has 4 heterocycles. The Kier molecular flexibility index (Phi) is 4.08. The summed E-state index contributed by atoms with van der Waals surface area (Å²) in [7, 11) is 0. The second kappa shape index (κ2) is 6.76. The number of carbonyl (C=O) groups is 1. The third kappa shape index (κ3) is 2.66. The highest BCUT2D eigenvalue weighted by atomic mass is 16.5. The number of piperidine rings is 1. The Morgan fingerprint density at radius 3 is 2.85 bits per heavy atom. The van der Waals surface area contributed by atoms with E-state index < -0.39 is 11.0 Å². The molecule has 1 aromatic heterocycles. The highest BCUT2D eigenvalue weighted by molar-refractivity contribution is 5.78. The quantitative estimate of drug-likeness (QED) is 0.743. The topological polar surface area (TPSA) is 86.4 Å². The lowest BCUT2D eigenvalue weighted by molar-refractivity contribution is -0.162. The lowest BCUT2D eigenvalue weighted by Gasteiger charge is -2.60. The van der Waals surface area contributed by atoms with Gasteiger partial charge in [0.1, 0.15) is 11.9 Å². The number of aromatic hydroxyl groups is 1. The average molecular weight is 451 g/mol. The standard InChI is InChI=1S/C26H30N2O5/c29-19-6-5-17-12-20-26(31)8-10-28(22(30)13-18-2-1-11-32-18)15-21-25(26,23(17)24(19)33-21)7-9-27(20)14-16-3-4-16/h1-2,5-6,11,16,20-21,29,31H,3-4,7-10,12-15H2/t20-,21+,25-,26-/m1/s1. The Labute approximate surface area is 192 Å². The van der Waals surface area contributed by atoms with E-state index in [1.807, 2.05) is 17.0 Å². The number of amides is 1. The smallest absolute Gasteiger partial charge is 0.230 e. The summed E-state index contributed by atoms with van der Waals surface area (Å²) in [6, 6.07) is 7.35. The van der Waals surface area contributed by atoms with Gasteiger partial charge in [-0.1, -0.05) is 6.07 Å². The Bertz CT molecular complexity index is 1110. The molecule has 174 valence electrons.